The zero-order valence-electron chi connectivity index (χ0n) is 18.8. The first-order valence-electron chi connectivity index (χ1n) is 10.9. The molecule has 1 amide bonds. The highest BCUT2D eigenvalue weighted by atomic mass is 32.2. The zero-order chi connectivity index (χ0) is 23.8. The van der Waals surface area contributed by atoms with E-state index in [1.54, 1.807) is 12.0 Å². The second-order valence-electron chi connectivity index (χ2n) is 7.52. The number of rotatable bonds is 10. The van der Waals surface area contributed by atoms with Crippen LogP contribution in [0.15, 0.2) is 83.8 Å². The monoisotopic (exact) mass is 491 g/mol. The maximum absolute atomic E-state index is 12.8. The van der Waals surface area contributed by atoms with Gasteiger partial charge in [0.25, 0.3) is 5.91 Å². The molecule has 1 fully saturated rings. The van der Waals surface area contributed by atoms with E-state index in [0.29, 0.717) is 29.0 Å². The SMILES string of the molecule is COc1ccccc1OCCCOc1ccc(/C=C2\SC(=S)N(Cc3ccccc3)C2=O)cc1. The van der Waals surface area contributed by atoms with Gasteiger partial charge in [0.05, 0.1) is 31.8 Å². The van der Waals surface area contributed by atoms with Crippen LogP contribution in [-0.2, 0) is 11.3 Å². The van der Waals surface area contributed by atoms with E-state index in [1.807, 2.05) is 84.9 Å². The molecule has 1 heterocycles. The number of benzene rings is 3. The minimum atomic E-state index is -0.0609. The molecular weight excluding hydrogens is 466 g/mol. The second-order valence-corrected chi connectivity index (χ2v) is 9.20. The lowest BCUT2D eigenvalue weighted by atomic mass is 10.2. The molecule has 4 rings (SSSR count). The molecule has 0 atom stereocenters. The van der Waals surface area contributed by atoms with Crippen molar-refractivity contribution < 1.29 is 19.0 Å². The number of ether oxygens (including phenoxy) is 3. The van der Waals surface area contributed by atoms with Crippen LogP contribution >= 0.6 is 24.0 Å². The third-order valence-electron chi connectivity index (χ3n) is 5.12. The molecule has 1 aliphatic rings. The fraction of sp³-hybridized carbons (Fsp3) is 0.185. The molecular formula is C27H25NO4S2. The van der Waals surface area contributed by atoms with Crippen LogP contribution in [0.3, 0.4) is 0 Å². The van der Waals surface area contributed by atoms with Crippen LogP contribution in [0.4, 0.5) is 0 Å². The summed E-state index contributed by atoms with van der Waals surface area (Å²) in [5.74, 6) is 2.15. The minimum absolute atomic E-state index is 0.0609. The number of amides is 1. The number of carbonyl (C=O) groups is 1. The Morgan fingerprint density at radius 1 is 0.882 bits per heavy atom. The fourth-order valence-corrected chi connectivity index (χ4v) is 4.64. The second kappa shape index (κ2) is 11.7. The molecule has 0 aromatic heterocycles. The van der Waals surface area contributed by atoms with Crippen molar-refractivity contribution in [2.45, 2.75) is 13.0 Å². The summed E-state index contributed by atoms with van der Waals surface area (Å²) in [5.41, 5.74) is 1.97. The van der Waals surface area contributed by atoms with Gasteiger partial charge in [-0.05, 0) is 41.5 Å². The van der Waals surface area contributed by atoms with Crippen LogP contribution in [0, 0.1) is 0 Å². The largest absolute Gasteiger partial charge is 0.493 e. The molecule has 0 saturated carbocycles. The topological polar surface area (TPSA) is 48.0 Å². The Balaban J connectivity index is 1.26. The highest BCUT2D eigenvalue weighted by Gasteiger charge is 2.31. The third-order valence-corrected chi connectivity index (χ3v) is 6.50. The quantitative estimate of drug-likeness (QED) is 0.199. The van der Waals surface area contributed by atoms with Crippen molar-refractivity contribution >= 4 is 40.3 Å². The summed E-state index contributed by atoms with van der Waals surface area (Å²) >= 11 is 6.77. The Labute approximate surface area is 209 Å². The summed E-state index contributed by atoms with van der Waals surface area (Å²) in [7, 11) is 1.63. The summed E-state index contributed by atoms with van der Waals surface area (Å²) in [6.45, 7) is 1.55. The van der Waals surface area contributed by atoms with Crippen LogP contribution in [0.2, 0.25) is 0 Å². The highest BCUT2D eigenvalue weighted by Crippen LogP contribution is 2.34. The van der Waals surface area contributed by atoms with Gasteiger partial charge in [-0.1, -0.05) is 78.6 Å². The Hall–Kier alpha value is -3.29. The molecule has 7 heteroatoms. The predicted octanol–water partition coefficient (Wildman–Crippen LogP) is 5.94. The lowest BCUT2D eigenvalue weighted by Crippen LogP contribution is -2.27. The van der Waals surface area contributed by atoms with Crippen LogP contribution in [-0.4, -0.2) is 35.5 Å². The molecule has 1 saturated heterocycles. The highest BCUT2D eigenvalue weighted by molar-refractivity contribution is 8.26. The summed E-state index contributed by atoms with van der Waals surface area (Å²) in [4.78, 5) is 15.1. The van der Waals surface area contributed by atoms with Crippen LogP contribution in [0.1, 0.15) is 17.5 Å². The average molecular weight is 492 g/mol. The van der Waals surface area contributed by atoms with Crippen molar-refractivity contribution in [2.75, 3.05) is 20.3 Å². The van der Waals surface area contributed by atoms with E-state index in [9.17, 15) is 4.79 Å². The van der Waals surface area contributed by atoms with Gasteiger partial charge in [-0.15, -0.1) is 0 Å². The van der Waals surface area contributed by atoms with Crippen LogP contribution in [0.25, 0.3) is 6.08 Å². The number of hydrogen-bond acceptors (Lipinski definition) is 6. The van der Waals surface area contributed by atoms with Gasteiger partial charge in [0.15, 0.2) is 11.5 Å². The number of hydrogen-bond donors (Lipinski definition) is 0. The zero-order valence-corrected chi connectivity index (χ0v) is 20.4. The molecule has 174 valence electrons. The van der Waals surface area contributed by atoms with Gasteiger partial charge < -0.3 is 14.2 Å². The van der Waals surface area contributed by atoms with Crippen molar-refractivity contribution in [1.82, 2.24) is 4.90 Å². The third kappa shape index (κ3) is 6.18. The van der Waals surface area contributed by atoms with Gasteiger partial charge >= 0.3 is 0 Å². The van der Waals surface area contributed by atoms with E-state index in [1.165, 1.54) is 11.8 Å². The van der Waals surface area contributed by atoms with Gasteiger partial charge in [0.2, 0.25) is 0 Å². The van der Waals surface area contributed by atoms with E-state index in [-0.39, 0.29) is 5.91 Å². The van der Waals surface area contributed by atoms with E-state index < -0.39 is 0 Å². The molecule has 0 unspecified atom stereocenters. The molecule has 0 N–H and O–H groups in total. The number of para-hydroxylation sites is 2. The van der Waals surface area contributed by atoms with Gasteiger partial charge in [-0.2, -0.15) is 0 Å². The average Bonchev–Trinajstić information content (AvgIpc) is 3.13. The molecule has 5 nitrogen and oxygen atoms in total. The lowest BCUT2D eigenvalue weighted by Gasteiger charge is -2.14. The molecule has 3 aromatic carbocycles. The first kappa shape index (κ1) is 23.9. The standard InChI is InChI=1S/C27H25NO4S2/c1-30-23-10-5-6-11-24(23)32-17-7-16-31-22-14-12-20(13-15-22)18-25-26(29)28(27(33)34-25)19-21-8-3-2-4-9-21/h2-6,8-15,18H,7,16-17,19H2,1H3/b25-18-. The first-order chi connectivity index (χ1) is 16.6. The van der Waals surface area contributed by atoms with Crippen LogP contribution < -0.4 is 14.2 Å². The van der Waals surface area contributed by atoms with Crippen LogP contribution in [0.5, 0.6) is 17.2 Å². The maximum Gasteiger partial charge on any atom is 0.266 e. The summed E-state index contributed by atoms with van der Waals surface area (Å²) in [6.07, 6.45) is 2.61. The van der Waals surface area contributed by atoms with E-state index in [4.69, 9.17) is 26.4 Å². The van der Waals surface area contributed by atoms with E-state index in [2.05, 4.69) is 0 Å². The molecule has 0 bridgehead atoms. The molecule has 34 heavy (non-hydrogen) atoms. The Kier molecular flexibility index (Phi) is 8.22. The Morgan fingerprint density at radius 2 is 1.56 bits per heavy atom. The van der Waals surface area contributed by atoms with Gasteiger partial charge in [0.1, 0.15) is 10.1 Å². The van der Waals surface area contributed by atoms with Crippen molar-refractivity contribution in [3.63, 3.8) is 0 Å². The maximum atomic E-state index is 12.8. The van der Waals surface area contributed by atoms with E-state index in [0.717, 1.165) is 34.8 Å². The molecule has 0 aliphatic carbocycles. The summed E-state index contributed by atoms with van der Waals surface area (Å²) in [5, 5.41) is 0. The predicted molar refractivity (Wildman–Crippen MR) is 140 cm³/mol. The summed E-state index contributed by atoms with van der Waals surface area (Å²) in [6, 6.07) is 25.1. The molecule has 3 aromatic rings. The van der Waals surface area contributed by atoms with Gasteiger partial charge in [-0.25, -0.2) is 0 Å². The first-order valence-corrected chi connectivity index (χ1v) is 12.1. The van der Waals surface area contributed by atoms with E-state index >= 15 is 0 Å². The molecule has 1 aliphatic heterocycles. The van der Waals surface area contributed by atoms with Gasteiger partial charge in [0, 0.05) is 6.42 Å². The number of nitrogens with zero attached hydrogens (tertiary/aromatic N) is 1. The van der Waals surface area contributed by atoms with Crippen molar-refractivity contribution in [3.8, 4) is 17.2 Å². The Morgan fingerprint density at radius 3 is 2.29 bits per heavy atom. The fourth-order valence-electron chi connectivity index (χ4n) is 3.38. The van der Waals surface area contributed by atoms with Crippen molar-refractivity contribution in [1.29, 1.82) is 0 Å². The number of carbonyl (C=O) groups excluding carboxylic acids is 1. The van der Waals surface area contributed by atoms with Crippen molar-refractivity contribution in [3.05, 3.63) is 94.9 Å². The molecule has 0 radical (unpaired) electrons. The number of thiocarbonyl (C=S) groups is 1. The molecule has 0 spiro atoms. The van der Waals surface area contributed by atoms with Crippen molar-refractivity contribution in [2.24, 2.45) is 0 Å². The Bertz CT molecular complexity index is 1160. The minimum Gasteiger partial charge on any atom is -0.493 e. The number of thioether (sulfide) groups is 1. The summed E-state index contributed by atoms with van der Waals surface area (Å²) < 4.78 is 17.4. The van der Waals surface area contributed by atoms with Gasteiger partial charge in [-0.3, -0.25) is 9.69 Å². The number of methoxy groups -OCH3 is 1. The normalized spacial score (nSPS) is 14.5. The smallest absolute Gasteiger partial charge is 0.266 e. The lowest BCUT2D eigenvalue weighted by molar-refractivity contribution is -0.122.